The van der Waals surface area contributed by atoms with Gasteiger partial charge in [0.1, 0.15) is 17.6 Å². The van der Waals surface area contributed by atoms with E-state index < -0.39 is 76.8 Å². The zero-order valence-corrected chi connectivity index (χ0v) is 22.6. The Morgan fingerprint density at radius 1 is 1.10 bits per heavy atom. The zero-order valence-electron chi connectivity index (χ0n) is 21.8. The standard InChI is InChI=1S/C25H23BClFN4O10/c1-2-31-8-9-32(22(35)21(31)34)25(40)30-18(13-7-6-12(23(36)37)16(27)17(13)28)20(33)29-15-10-11-4-3-5-14(24(38)39)19(11)42-26(15)41/h3-7,15,18,41H,2,8-10H2,1H3,(H,29,33)(H,30,40)(H,36,37)(H,38,39)/t15-,18-/m0/s1. The molecule has 17 heteroatoms. The highest BCUT2D eigenvalue weighted by atomic mass is 35.5. The number of likely N-dealkylation sites (N-methyl/N-ethyl adjacent to an activating group) is 1. The van der Waals surface area contributed by atoms with E-state index in [4.69, 9.17) is 16.3 Å². The van der Waals surface area contributed by atoms with Crippen LogP contribution >= 0.6 is 11.6 Å². The number of hydrogen-bond donors (Lipinski definition) is 5. The topological polar surface area (TPSA) is 203 Å². The molecule has 0 bridgehead atoms. The monoisotopic (exact) mass is 604 g/mol. The number of piperazine rings is 1. The fourth-order valence-electron chi connectivity index (χ4n) is 4.59. The Bertz CT molecular complexity index is 1510. The first kappa shape index (κ1) is 30.3. The molecule has 220 valence electrons. The fourth-order valence-corrected chi connectivity index (χ4v) is 4.84. The second kappa shape index (κ2) is 12.0. The lowest BCUT2D eigenvalue weighted by Gasteiger charge is -2.33. The molecule has 0 unspecified atom stereocenters. The van der Waals surface area contributed by atoms with E-state index in [1.165, 1.54) is 23.1 Å². The van der Waals surface area contributed by atoms with Gasteiger partial charge in [-0.3, -0.25) is 19.3 Å². The zero-order chi connectivity index (χ0) is 30.9. The van der Waals surface area contributed by atoms with Crippen molar-refractivity contribution in [3.05, 3.63) is 63.4 Å². The molecule has 5 N–H and O–H groups in total. The first-order chi connectivity index (χ1) is 19.8. The number of imide groups is 1. The first-order valence-corrected chi connectivity index (χ1v) is 12.9. The number of carbonyl (C=O) groups is 6. The molecule has 0 spiro atoms. The minimum atomic E-state index is -1.94. The van der Waals surface area contributed by atoms with Crippen molar-refractivity contribution in [1.29, 1.82) is 0 Å². The molecule has 2 atom stereocenters. The molecule has 42 heavy (non-hydrogen) atoms. The molecule has 2 aliphatic rings. The minimum Gasteiger partial charge on any atom is -0.534 e. The van der Waals surface area contributed by atoms with Crippen LogP contribution in [-0.2, 0) is 20.8 Å². The number of carboxylic acid groups (broad SMARTS) is 2. The van der Waals surface area contributed by atoms with Crippen LogP contribution in [0.2, 0.25) is 5.02 Å². The van der Waals surface area contributed by atoms with E-state index >= 15 is 4.39 Å². The maximum atomic E-state index is 15.3. The number of fused-ring (bicyclic) bond motifs is 1. The van der Waals surface area contributed by atoms with Gasteiger partial charge < -0.3 is 35.4 Å². The number of nitrogens with one attached hydrogen (secondary N) is 2. The lowest BCUT2D eigenvalue weighted by molar-refractivity contribution is -0.153. The normalized spacial score (nSPS) is 17.2. The summed E-state index contributed by atoms with van der Waals surface area (Å²) in [6.45, 7) is 1.65. The smallest absolute Gasteiger partial charge is 0.534 e. The molecule has 0 radical (unpaired) electrons. The minimum absolute atomic E-state index is 0.0161. The second-order valence-corrected chi connectivity index (χ2v) is 9.66. The third-order valence-corrected chi connectivity index (χ3v) is 7.17. The van der Waals surface area contributed by atoms with E-state index in [-0.39, 0.29) is 37.4 Å². The van der Waals surface area contributed by atoms with Crippen molar-refractivity contribution >= 4 is 54.4 Å². The van der Waals surface area contributed by atoms with Gasteiger partial charge in [0.15, 0.2) is 0 Å². The predicted molar refractivity (Wildman–Crippen MR) is 141 cm³/mol. The molecule has 5 amide bonds. The fraction of sp³-hybridized carbons (Fsp3) is 0.280. The van der Waals surface area contributed by atoms with Gasteiger partial charge in [-0.2, -0.15) is 0 Å². The van der Waals surface area contributed by atoms with Gasteiger partial charge in [0.05, 0.1) is 22.1 Å². The van der Waals surface area contributed by atoms with Gasteiger partial charge in [-0.15, -0.1) is 0 Å². The maximum absolute atomic E-state index is 15.3. The summed E-state index contributed by atoms with van der Waals surface area (Å²) in [5, 5.41) is 32.9. The van der Waals surface area contributed by atoms with Gasteiger partial charge in [-0.05, 0) is 31.0 Å². The van der Waals surface area contributed by atoms with Crippen molar-refractivity contribution < 1.29 is 53.0 Å². The van der Waals surface area contributed by atoms with Crippen LogP contribution in [0.3, 0.4) is 0 Å². The average molecular weight is 605 g/mol. The van der Waals surface area contributed by atoms with Crippen molar-refractivity contribution in [2.24, 2.45) is 0 Å². The first-order valence-electron chi connectivity index (χ1n) is 12.5. The van der Waals surface area contributed by atoms with Gasteiger partial charge in [0.25, 0.3) is 0 Å². The van der Waals surface area contributed by atoms with Crippen molar-refractivity contribution in [2.45, 2.75) is 25.3 Å². The van der Waals surface area contributed by atoms with Crippen LogP contribution in [0.25, 0.3) is 0 Å². The van der Waals surface area contributed by atoms with Gasteiger partial charge in [-0.1, -0.05) is 29.8 Å². The number of carboxylic acids is 2. The third kappa shape index (κ3) is 5.71. The Morgan fingerprint density at radius 3 is 2.43 bits per heavy atom. The molecule has 0 saturated carbocycles. The van der Waals surface area contributed by atoms with Crippen LogP contribution < -0.4 is 15.3 Å². The van der Waals surface area contributed by atoms with Gasteiger partial charge >= 0.3 is 36.9 Å². The van der Waals surface area contributed by atoms with Crippen molar-refractivity contribution in [1.82, 2.24) is 20.4 Å². The highest BCUT2D eigenvalue weighted by Gasteiger charge is 2.41. The van der Waals surface area contributed by atoms with E-state index in [0.717, 1.165) is 12.1 Å². The Hall–Kier alpha value is -4.70. The molecule has 2 aliphatic heterocycles. The van der Waals surface area contributed by atoms with E-state index in [1.807, 2.05) is 0 Å². The van der Waals surface area contributed by atoms with Crippen molar-refractivity contribution in [3.8, 4) is 5.75 Å². The van der Waals surface area contributed by atoms with Crippen LogP contribution in [-0.4, -0.2) is 93.4 Å². The highest BCUT2D eigenvalue weighted by molar-refractivity contribution is 6.47. The summed E-state index contributed by atoms with van der Waals surface area (Å²) in [5.74, 6) is -8.82. The summed E-state index contributed by atoms with van der Waals surface area (Å²) >= 11 is 5.89. The van der Waals surface area contributed by atoms with Crippen LogP contribution in [0.4, 0.5) is 9.18 Å². The quantitative estimate of drug-likeness (QED) is 0.218. The molecular formula is C25H23BClFN4O10. The Kier molecular flexibility index (Phi) is 8.68. The Labute approximate surface area is 242 Å². The molecule has 4 rings (SSSR count). The number of hydrogen-bond acceptors (Lipinski definition) is 8. The summed E-state index contributed by atoms with van der Waals surface area (Å²) in [6.07, 6.45) is -0.128. The van der Waals surface area contributed by atoms with Gasteiger partial charge in [0, 0.05) is 25.2 Å². The molecule has 1 saturated heterocycles. The summed E-state index contributed by atoms with van der Waals surface area (Å²) in [6, 6.07) is 2.85. The van der Waals surface area contributed by atoms with Crippen LogP contribution in [0.15, 0.2) is 30.3 Å². The van der Waals surface area contributed by atoms with Crippen molar-refractivity contribution in [3.63, 3.8) is 0 Å². The number of nitrogens with zero attached hydrogens (tertiary/aromatic N) is 2. The van der Waals surface area contributed by atoms with Crippen LogP contribution in [0, 0.1) is 5.82 Å². The number of amides is 5. The second-order valence-electron chi connectivity index (χ2n) is 9.29. The summed E-state index contributed by atoms with van der Waals surface area (Å²) in [5.41, 5.74) is -1.11. The number of halogens is 2. The molecular weight excluding hydrogens is 582 g/mol. The van der Waals surface area contributed by atoms with E-state index in [1.54, 1.807) is 6.92 Å². The SMILES string of the molecule is CCN1CCN(C(=O)N[C@H](C(=O)N[C@H]2Cc3cccc(C(=O)O)c3OB2O)c2ccc(C(=O)O)c(Cl)c2F)C(=O)C1=O. The molecule has 1 fully saturated rings. The van der Waals surface area contributed by atoms with Crippen molar-refractivity contribution in [2.75, 3.05) is 19.6 Å². The summed E-state index contributed by atoms with van der Waals surface area (Å²) in [7, 11) is -1.76. The highest BCUT2D eigenvalue weighted by Crippen LogP contribution is 2.31. The Morgan fingerprint density at radius 2 is 1.79 bits per heavy atom. The number of carbonyl (C=O) groups excluding carboxylic acids is 4. The Balaban J connectivity index is 1.64. The molecule has 2 aromatic rings. The van der Waals surface area contributed by atoms with Crippen LogP contribution in [0.5, 0.6) is 5.75 Å². The molecule has 14 nitrogen and oxygen atoms in total. The van der Waals surface area contributed by atoms with E-state index in [2.05, 4.69) is 10.6 Å². The van der Waals surface area contributed by atoms with Crippen LogP contribution in [0.1, 0.15) is 44.8 Å². The van der Waals surface area contributed by atoms with Gasteiger partial charge in [0.2, 0.25) is 5.91 Å². The summed E-state index contributed by atoms with van der Waals surface area (Å²) in [4.78, 5) is 76.1. The number of aromatic carboxylic acids is 2. The largest absolute Gasteiger partial charge is 0.547 e. The number of urea groups is 1. The molecule has 2 heterocycles. The lowest BCUT2D eigenvalue weighted by atomic mass is 9.72. The van der Waals surface area contributed by atoms with Gasteiger partial charge in [-0.25, -0.2) is 18.8 Å². The van der Waals surface area contributed by atoms with E-state index in [9.17, 15) is 44.0 Å². The van der Waals surface area contributed by atoms with E-state index in [0.29, 0.717) is 10.5 Å². The predicted octanol–water partition coefficient (Wildman–Crippen LogP) is 0.457. The molecule has 0 aliphatic carbocycles. The average Bonchev–Trinajstić information content (AvgIpc) is 2.94. The lowest BCUT2D eigenvalue weighted by Crippen LogP contribution is -2.60. The number of rotatable bonds is 7. The third-order valence-electron chi connectivity index (χ3n) is 6.80. The maximum Gasteiger partial charge on any atom is 0.547 e. The summed E-state index contributed by atoms with van der Waals surface area (Å²) < 4.78 is 20.7. The number of benzene rings is 2. The number of para-hydroxylation sites is 1. The molecule has 0 aromatic heterocycles. The molecule has 2 aromatic carbocycles.